The first-order valence-electron chi connectivity index (χ1n) is 10.1. The lowest BCUT2D eigenvalue weighted by Gasteiger charge is -2.37. The van der Waals surface area contributed by atoms with Crippen molar-refractivity contribution >= 4 is 23.2 Å². The molecule has 1 atom stereocenters. The molecule has 5 rings (SSSR count). The van der Waals surface area contributed by atoms with Gasteiger partial charge in [0, 0.05) is 26.2 Å². The number of aromatic nitrogens is 4. The highest BCUT2D eigenvalue weighted by Gasteiger charge is 2.33. The second-order valence-corrected chi connectivity index (χ2v) is 8.28. The van der Waals surface area contributed by atoms with Gasteiger partial charge in [0.2, 0.25) is 12.0 Å². The Labute approximate surface area is 186 Å². The fourth-order valence-electron chi connectivity index (χ4n) is 3.65. The van der Waals surface area contributed by atoms with Gasteiger partial charge in [0.05, 0.1) is 0 Å². The van der Waals surface area contributed by atoms with E-state index in [9.17, 15) is 14.4 Å². The minimum atomic E-state index is -0.710. The van der Waals surface area contributed by atoms with E-state index < -0.39 is 11.8 Å². The summed E-state index contributed by atoms with van der Waals surface area (Å²) in [4.78, 5) is 41.3. The van der Waals surface area contributed by atoms with Crippen molar-refractivity contribution in [2.24, 2.45) is 0 Å². The van der Waals surface area contributed by atoms with Crippen LogP contribution in [0.2, 0.25) is 0 Å². The van der Waals surface area contributed by atoms with Crippen LogP contribution in [0, 0.1) is 0 Å². The zero-order valence-corrected chi connectivity index (χ0v) is 17.8. The predicted octanol–water partition coefficient (Wildman–Crippen LogP) is 0.00130. The average Bonchev–Trinajstić information content (AvgIpc) is 3.48. The number of benzene rings is 1. The Bertz CT molecular complexity index is 1180. The lowest BCUT2D eigenvalue weighted by Crippen LogP contribution is -2.55. The quantitative estimate of drug-likeness (QED) is 0.543. The Morgan fingerprint density at radius 3 is 2.50 bits per heavy atom. The summed E-state index contributed by atoms with van der Waals surface area (Å²) in [5.41, 5.74) is -0.468. The lowest BCUT2D eigenvalue weighted by atomic mass is 10.2. The number of fused-ring (bicyclic) bond motifs is 1. The molecule has 0 N–H and O–H groups in total. The van der Waals surface area contributed by atoms with Crippen molar-refractivity contribution in [1.82, 2.24) is 29.6 Å². The third-order valence-corrected chi connectivity index (χ3v) is 6.21. The van der Waals surface area contributed by atoms with Crippen molar-refractivity contribution in [2.45, 2.75) is 12.6 Å². The van der Waals surface area contributed by atoms with E-state index >= 15 is 0 Å². The third-order valence-electron chi connectivity index (χ3n) is 5.37. The molecule has 1 aromatic carbocycles. The molecule has 12 heteroatoms. The maximum Gasteiger partial charge on any atom is 0.369 e. The van der Waals surface area contributed by atoms with Gasteiger partial charge in [-0.15, -0.1) is 11.3 Å². The van der Waals surface area contributed by atoms with E-state index in [1.54, 1.807) is 34.1 Å². The van der Waals surface area contributed by atoms with Crippen molar-refractivity contribution in [3.05, 3.63) is 52.3 Å². The van der Waals surface area contributed by atoms with Gasteiger partial charge in [0.25, 0.3) is 5.91 Å². The van der Waals surface area contributed by atoms with Crippen LogP contribution < -0.4 is 15.2 Å². The molecule has 32 heavy (non-hydrogen) atoms. The first kappa shape index (κ1) is 20.2. The Morgan fingerprint density at radius 2 is 1.75 bits per heavy atom. The molecule has 0 bridgehead atoms. The van der Waals surface area contributed by atoms with Gasteiger partial charge in [-0.2, -0.15) is 9.36 Å². The summed E-state index contributed by atoms with van der Waals surface area (Å²) in [5.74, 6) is 0.760. The van der Waals surface area contributed by atoms with Crippen LogP contribution in [-0.2, 0) is 16.1 Å². The minimum absolute atomic E-state index is 0.151. The molecule has 0 spiro atoms. The molecule has 1 fully saturated rings. The molecule has 0 saturated carbocycles. The Balaban J connectivity index is 1.16. The van der Waals surface area contributed by atoms with Gasteiger partial charge in [0.1, 0.15) is 18.2 Å². The van der Waals surface area contributed by atoms with Crippen molar-refractivity contribution in [2.75, 3.05) is 32.8 Å². The highest BCUT2D eigenvalue weighted by Crippen LogP contribution is 2.31. The Kier molecular flexibility index (Phi) is 5.35. The molecule has 0 aliphatic carbocycles. The highest BCUT2D eigenvalue weighted by atomic mass is 32.1. The summed E-state index contributed by atoms with van der Waals surface area (Å²) in [5, 5.41) is 10.1. The molecular formula is C20H20N6O5S. The Hall–Kier alpha value is -3.67. The fraction of sp³-hybridized carbons (Fsp3) is 0.350. The topological polar surface area (TPSA) is 112 Å². The van der Waals surface area contributed by atoms with Crippen LogP contribution in [0.1, 0.15) is 0 Å². The maximum absolute atomic E-state index is 12.8. The summed E-state index contributed by atoms with van der Waals surface area (Å²) < 4.78 is 13.6. The van der Waals surface area contributed by atoms with E-state index in [0.29, 0.717) is 42.7 Å². The van der Waals surface area contributed by atoms with E-state index in [1.807, 2.05) is 17.5 Å². The molecule has 4 heterocycles. The van der Waals surface area contributed by atoms with Crippen LogP contribution in [0.25, 0.3) is 5.00 Å². The van der Waals surface area contributed by atoms with Crippen molar-refractivity contribution in [3.8, 4) is 16.5 Å². The fourth-order valence-corrected chi connectivity index (χ4v) is 4.32. The number of thiophene rings is 1. The number of carbonyl (C=O) groups excluding carboxylic acids is 2. The van der Waals surface area contributed by atoms with Crippen molar-refractivity contribution in [3.63, 3.8) is 0 Å². The second-order valence-electron chi connectivity index (χ2n) is 7.35. The van der Waals surface area contributed by atoms with Crippen LogP contribution in [0.15, 0.2) is 46.6 Å². The first-order chi connectivity index (χ1) is 15.6. The number of para-hydroxylation sites is 2. The van der Waals surface area contributed by atoms with Crippen LogP contribution in [-0.4, -0.2) is 80.3 Å². The number of ether oxygens (including phenoxy) is 2. The largest absolute Gasteiger partial charge is 0.485 e. The summed E-state index contributed by atoms with van der Waals surface area (Å²) in [6, 6.07) is 10.8. The number of tetrazole rings is 1. The van der Waals surface area contributed by atoms with Crippen LogP contribution in [0.5, 0.6) is 11.5 Å². The molecule has 166 valence electrons. The average molecular weight is 456 g/mol. The van der Waals surface area contributed by atoms with Gasteiger partial charge in [-0.3, -0.25) is 9.59 Å². The zero-order valence-electron chi connectivity index (χ0n) is 17.0. The van der Waals surface area contributed by atoms with Gasteiger partial charge in [-0.05, 0) is 40.1 Å². The summed E-state index contributed by atoms with van der Waals surface area (Å²) >= 11 is 1.36. The molecule has 3 aromatic rings. The van der Waals surface area contributed by atoms with E-state index in [1.165, 1.54) is 16.0 Å². The van der Waals surface area contributed by atoms with Gasteiger partial charge >= 0.3 is 5.69 Å². The van der Waals surface area contributed by atoms with E-state index in [0.717, 1.165) is 4.68 Å². The van der Waals surface area contributed by atoms with Crippen LogP contribution >= 0.6 is 11.3 Å². The Morgan fingerprint density at radius 1 is 1.00 bits per heavy atom. The SMILES string of the molecule is O=C(Cn1nnn(-c2cccs2)c1=O)N1CCN(C(=O)C2COc3ccccc3O2)CC1. The molecule has 2 aliphatic heterocycles. The lowest BCUT2D eigenvalue weighted by molar-refractivity contribution is -0.146. The third kappa shape index (κ3) is 3.84. The minimum Gasteiger partial charge on any atom is -0.485 e. The second kappa shape index (κ2) is 8.46. The number of rotatable bonds is 4. The van der Waals surface area contributed by atoms with Gasteiger partial charge in [-0.25, -0.2) is 4.79 Å². The van der Waals surface area contributed by atoms with E-state index in [2.05, 4.69) is 10.4 Å². The molecular weight excluding hydrogens is 436 g/mol. The molecule has 2 aromatic heterocycles. The monoisotopic (exact) mass is 456 g/mol. The van der Waals surface area contributed by atoms with Gasteiger partial charge in [0.15, 0.2) is 11.5 Å². The number of amides is 2. The zero-order chi connectivity index (χ0) is 22.1. The van der Waals surface area contributed by atoms with Gasteiger partial charge in [-0.1, -0.05) is 12.1 Å². The number of nitrogens with zero attached hydrogens (tertiary/aromatic N) is 6. The van der Waals surface area contributed by atoms with Crippen LogP contribution in [0.3, 0.4) is 0 Å². The normalized spacial score (nSPS) is 17.9. The number of hydrogen-bond donors (Lipinski definition) is 0. The molecule has 2 aliphatic rings. The first-order valence-corrected chi connectivity index (χ1v) is 11.0. The number of hydrogen-bond acceptors (Lipinski definition) is 8. The summed E-state index contributed by atoms with van der Waals surface area (Å²) in [6.07, 6.45) is -0.710. The van der Waals surface area contributed by atoms with E-state index in [-0.39, 0.29) is 25.0 Å². The predicted molar refractivity (Wildman–Crippen MR) is 113 cm³/mol. The summed E-state index contributed by atoms with van der Waals surface area (Å²) in [6.45, 7) is 1.43. The highest BCUT2D eigenvalue weighted by molar-refractivity contribution is 7.12. The molecule has 11 nitrogen and oxygen atoms in total. The molecule has 2 amide bonds. The molecule has 1 unspecified atom stereocenters. The number of piperazine rings is 1. The summed E-state index contributed by atoms with van der Waals surface area (Å²) in [7, 11) is 0. The van der Waals surface area contributed by atoms with E-state index in [4.69, 9.17) is 9.47 Å². The molecule has 0 radical (unpaired) electrons. The van der Waals surface area contributed by atoms with Crippen molar-refractivity contribution in [1.29, 1.82) is 0 Å². The maximum atomic E-state index is 12.8. The smallest absolute Gasteiger partial charge is 0.369 e. The number of carbonyl (C=O) groups is 2. The molecule has 1 saturated heterocycles. The standard InChI is InChI=1S/C20H20N6O5S/c27-17(12-25-20(29)26(22-21-25)18-6-3-11-32-18)23-7-9-24(10-8-23)19(28)16-13-30-14-4-1-2-5-15(14)31-16/h1-6,11,16H,7-10,12-13H2. The van der Waals surface area contributed by atoms with Crippen LogP contribution in [0.4, 0.5) is 0 Å². The van der Waals surface area contributed by atoms with Crippen molar-refractivity contribution < 1.29 is 19.1 Å². The van der Waals surface area contributed by atoms with Gasteiger partial charge < -0.3 is 19.3 Å².